The highest BCUT2D eigenvalue weighted by atomic mass is 19.1. The van der Waals surface area contributed by atoms with Crippen LogP contribution in [0.15, 0.2) is 30.6 Å². The second-order valence-electron chi connectivity index (χ2n) is 7.47. The summed E-state index contributed by atoms with van der Waals surface area (Å²) in [5, 5.41) is 0. The molecule has 1 aromatic carbocycles. The minimum atomic E-state index is -0.339. The second-order valence-corrected chi connectivity index (χ2v) is 7.47. The monoisotopic (exact) mass is 386 g/mol. The average molecular weight is 387 g/mol. The minimum absolute atomic E-state index is 0.317. The van der Waals surface area contributed by atoms with E-state index >= 15 is 0 Å². The predicted octanol–water partition coefficient (Wildman–Crippen LogP) is 7.14. The van der Waals surface area contributed by atoms with Gasteiger partial charge in [-0.3, -0.25) is 9.97 Å². The Balaban J connectivity index is 1.80. The standard InChI is InChI=1S/C24H35FN2O/c1-3-5-7-9-10-12-16-28-24-15-14-20(17-22(24)25)23-19-26-21(18-27-23)13-11-8-6-4-2/h14-15,17-19H,3-13,16H2,1-2H3. The van der Waals surface area contributed by atoms with Crippen molar-refractivity contribution in [2.75, 3.05) is 6.61 Å². The van der Waals surface area contributed by atoms with Crippen molar-refractivity contribution in [3.05, 3.63) is 42.1 Å². The maximum absolute atomic E-state index is 14.4. The molecule has 0 aliphatic heterocycles. The number of halogens is 1. The van der Waals surface area contributed by atoms with Crippen LogP contribution in [0.4, 0.5) is 4.39 Å². The van der Waals surface area contributed by atoms with E-state index in [0.717, 1.165) is 36.9 Å². The van der Waals surface area contributed by atoms with Crippen LogP contribution < -0.4 is 4.74 Å². The molecule has 0 spiro atoms. The average Bonchev–Trinajstić information content (AvgIpc) is 2.72. The quantitative estimate of drug-likeness (QED) is 0.323. The Bertz CT molecular complexity index is 673. The summed E-state index contributed by atoms with van der Waals surface area (Å²) in [4.78, 5) is 8.94. The van der Waals surface area contributed by atoms with Gasteiger partial charge in [-0.05, 0) is 37.5 Å². The van der Waals surface area contributed by atoms with Gasteiger partial charge in [-0.15, -0.1) is 0 Å². The topological polar surface area (TPSA) is 35.0 Å². The number of aromatic nitrogens is 2. The molecule has 0 bridgehead atoms. The van der Waals surface area contributed by atoms with Crippen molar-refractivity contribution in [1.82, 2.24) is 9.97 Å². The number of hydrogen-bond donors (Lipinski definition) is 0. The molecule has 0 saturated carbocycles. The maximum Gasteiger partial charge on any atom is 0.165 e. The summed E-state index contributed by atoms with van der Waals surface area (Å²) in [5.74, 6) is -0.0215. The number of benzene rings is 1. The zero-order chi connectivity index (χ0) is 20.0. The summed E-state index contributed by atoms with van der Waals surface area (Å²) in [6.07, 6.45) is 16.5. The highest BCUT2D eigenvalue weighted by molar-refractivity contribution is 5.59. The molecular formula is C24H35FN2O. The molecule has 0 amide bonds. The number of aryl methyl sites for hydroxylation is 1. The Morgan fingerprint density at radius 1 is 0.821 bits per heavy atom. The van der Waals surface area contributed by atoms with Crippen LogP contribution in [-0.2, 0) is 6.42 Å². The molecule has 2 rings (SSSR count). The van der Waals surface area contributed by atoms with Crippen LogP contribution >= 0.6 is 0 Å². The second kappa shape index (κ2) is 13.2. The van der Waals surface area contributed by atoms with Crippen molar-refractivity contribution >= 4 is 0 Å². The number of unbranched alkanes of at least 4 members (excludes halogenated alkanes) is 8. The van der Waals surface area contributed by atoms with Crippen LogP contribution in [0.5, 0.6) is 5.75 Å². The van der Waals surface area contributed by atoms with Gasteiger partial charge in [-0.25, -0.2) is 4.39 Å². The normalized spacial score (nSPS) is 11.0. The van der Waals surface area contributed by atoms with E-state index in [2.05, 4.69) is 23.8 Å². The zero-order valence-electron chi connectivity index (χ0n) is 17.6. The van der Waals surface area contributed by atoms with Gasteiger partial charge in [0.2, 0.25) is 0 Å². The molecule has 4 heteroatoms. The van der Waals surface area contributed by atoms with Crippen molar-refractivity contribution < 1.29 is 9.13 Å². The Morgan fingerprint density at radius 3 is 2.21 bits per heavy atom. The first kappa shape index (κ1) is 22.3. The van der Waals surface area contributed by atoms with Crippen LogP contribution in [0.25, 0.3) is 11.3 Å². The van der Waals surface area contributed by atoms with Gasteiger partial charge in [0.1, 0.15) is 0 Å². The maximum atomic E-state index is 14.4. The van der Waals surface area contributed by atoms with E-state index in [0.29, 0.717) is 18.1 Å². The van der Waals surface area contributed by atoms with E-state index < -0.39 is 0 Å². The van der Waals surface area contributed by atoms with E-state index in [1.54, 1.807) is 12.3 Å². The molecule has 0 aliphatic carbocycles. The fourth-order valence-electron chi connectivity index (χ4n) is 3.21. The third-order valence-corrected chi connectivity index (χ3v) is 4.97. The molecule has 0 N–H and O–H groups in total. The first-order valence-electron chi connectivity index (χ1n) is 11.0. The first-order chi connectivity index (χ1) is 13.7. The molecule has 3 nitrogen and oxygen atoms in total. The van der Waals surface area contributed by atoms with Crippen molar-refractivity contribution in [3.8, 4) is 17.0 Å². The van der Waals surface area contributed by atoms with Gasteiger partial charge in [-0.1, -0.05) is 65.2 Å². The molecule has 0 atom stereocenters. The Hall–Kier alpha value is -1.97. The highest BCUT2D eigenvalue weighted by Gasteiger charge is 2.08. The highest BCUT2D eigenvalue weighted by Crippen LogP contribution is 2.24. The number of ether oxygens (including phenoxy) is 1. The number of rotatable bonds is 14. The van der Waals surface area contributed by atoms with Gasteiger partial charge in [0.25, 0.3) is 0 Å². The number of nitrogens with zero attached hydrogens (tertiary/aromatic N) is 2. The lowest BCUT2D eigenvalue weighted by molar-refractivity contribution is 0.290. The molecule has 1 heterocycles. The fraction of sp³-hybridized carbons (Fsp3) is 0.583. The van der Waals surface area contributed by atoms with E-state index in [1.807, 2.05) is 12.3 Å². The predicted molar refractivity (Wildman–Crippen MR) is 114 cm³/mol. The van der Waals surface area contributed by atoms with Gasteiger partial charge in [0, 0.05) is 11.8 Å². The SMILES string of the molecule is CCCCCCCCOc1ccc(-c2cnc(CCCCCC)cn2)cc1F. The van der Waals surface area contributed by atoms with Gasteiger partial charge >= 0.3 is 0 Å². The van der Waals surface area contributed by atoms with Crippen LogP contribution in [0, 0.1) is 5.82 Å². The summed E-state index contributed by atoms with van der Waals surface area (Å²) in [6.45, 7) is 4.98. The third-order valence-electron chi connectivity index (χ3n) is 4.97. The summed E-state index contributed by atoms with van der Waals surface area (Å²) in [5.41, 5.74) is 2.42. The molecular weight excluding hydrogens is 351 g/mol. The first-order valence-corrected chi connectivity index (χ1v) is 11.0. The van der Waals surface area contributed by atoms with Gasteiger partial charge < -0.3 is 4.74 Å². The van der Waals surface area contributed by atoms with Crippen molar-refractivity contribution in [1.29, 1.82) is 0 Å². The van der Waals surface area contributed by atoms with E-state index in [9.17, 15) is 4.39 Å². The molecule has 0 fully saturated rings. The van der Waals surface area contributed by atoms with Crippen LogP contribution in [0.3, 0.4) is 0 Å². The minimum Gasteiger partial charge on any atom is -0.491 e. The van der Waals surface area contributed by atoms with Gasteiger partial charge in [0.15, 0.2) is 11.6 Å². The van der Waals surface area contributed by atoms with Crippen LogP contribution in [0.1, 0.15) is 83.7 Å². The summed E-state index contributed by atoms with van der Waals surface area (Å²) in [6, 6.07) is 5.04. The molecule has 0 aliphatic rings. The Morgan fingerprint density at radius 2 is 1.54 bits per heavy atom. The lowest BCUT2D eigenvalue weighted by Crippen LogP contribution is -2.00. The molecule has 2 aromatic rings. The van der Waals surface area contributed by atoms with E-state index in [1.165, 1.54) is 51.0 Å². The molecule has 1 aromatic heterocycles. The molecule has 0 saturated heterocycles. The van der Waals surface area contributed by atoms with Crippen LogP contribution in [0.2, 0.25) is 0 Å². The fourth-order valence-corrected chi connectivity index (χ4v) is 3.21. The molecule has 28 heavy (non-hydrogen) atoms. The smallest absolute Gasteiger partial charge is 0.165 e. The lowest BCUT2D eigenvalue weighted by Gasteiger charge is -2.09. The number of hydrogen-bond acceptors (Lipinski definition) is 3. The summed E-state index contributed by atoms with van der Waals surface area (Å²) >= 11 is 0. The zero-order valence-corrected chi connectivity index (χ0v) is 17.6. The van der Waals surface area contributed by atoms with E-state index in [4.69, 9.17) is 4.74 Å². The lowest BCUT2D eigenvalue weighted by atomic mass is 10.1. The summed E-state index contributed by atoms with van der Waals surface area (Å²) < 4.78 is 20.0. The molecule has 154 valence electrons. The largest absolute Gasteiger partial charge is 0.491 e. The summed E-state index contributed by atoms with van der Waals surface area (Å²) in [7, 11) is 0. The van der Waals surface area contributed by atoms with Crippen LogP contribution in [-0.4, -0.2) is 16.6 Å². The van der Waals surface area contributed by atoms with E-state index in [-0.39, 0.29) is 5.82 Å². The third kappa shape index (κ3) is 7.95. The Kier molecular flexibility index (Phi) is 10.6. The molecule has 0 radical (unpaired) electrons. The van der Waals surface area contributed by atoms with Crippen molar-refractivity contribution in [3.63, 3.8) is 0 Å². The van der Waals surface area contributed by atoms with Crippen molar-refractivity contribution in [2.24, 2.45) is 0 Å². The Labute approximate surface area is 169 Å². The van der Waals surface area contributed by atoms with Crippen molar-refractivity contribution in [2.45, 2.75) is 84.5 Å². The molecule has 0 unspecified atom stereocenters. The van der Waals surface area contributed by atoms with Gasteiger partial charge in [-0.2, -0.15) is 0 Å². The van der Waals surface area contributed by atoms with Gasteiger partial charge in [0.05, 0.1) is 24.2 Å².